The second-order valence-electron chi connectivity index (χ2n) is 3.76. The van der Waals surface area contributed by atoms with E-state index in [1.165, 1.54) is 24.1 Å². The number of nitrogens with two attached hydrogens (primary N) is 1. The highest BCUT2D eigenvalue weighted by molar-refractivity contribution is 7.10. The van der Waals surface area contributed by atoms with Crippen molar-refractivity contribution in [1.29, 1.82) is 0 Å². The van der Waals surface area contributed by atoms with Crippen molar-refractivity contribution in [3.63, 3.8) is 0 Å². The van der Waals surface area contributed by atoms with Gasteiger partial charge >= 0.3 is 0 Å². The molecule has 3 heteroatoms. The van der Waals surface area contributed by atoms with Gasteiger partial charge in [-0.2, -0.15) is 0 Å². The molecule has 1 aromatic rings. The molecule has 0 aromatic carbocycles. The van der Waals surface area contributed by atoms with Gasteiger partial charge in [0.1, 0.15) is 0 Å². The van der Waals surface area contributed by atoms with E-state index in [1.54, 1.807) is 11.3 Å². The van der Waals surface area contributed by atoms with Crippen molar-refractivity contribution in [2.45, 2.75) is 31.3 Å². The van der Waals surface area contributed by atoms with Gasteiger partial charge < -0.3 is 10.5 Å². The average molecular weight is 211 g/mol. The summed E-state index contributed by atoms with van der Waals surface area (Å²) in [6.45, 7) is 1.61. The molecule has 1 aromatic heterocycles. The van der Waals surface area contributed by atoms with Crippen LogP contribution < -0.4 is 5.73 Å². The van der Waals surface area contributed by atoms with Gasteiger partial charge in [0.2, 0.25) is 0 Å². The minimum atomic E-state index is 0.354. The summed E-state index contributed by atoms with van der Waals surface area (Å²) >= 11 is 1.79. The zero-order valence-electron chi connectivity index (χ0n) is 8.32. The van der Waals surface area contributed by atoms with Gasteiger partial charge in [0.15, 0.2) is 0 Å². The molecule has 2 unspecified atom stereocenters. The predicted molar refractivity (Wildman–Crippen MR) is 59.7 cm³/mol. The second kappa shape index (κ2) is 4.91. The molecule has 0 saturated carbocycles. The van der Waals surface area contributed by atoms with E-state index in [-0.39, 0.29) is 0 Å². The Labute approximate surface area is 89.1 Å². The quantitative estimate of drug-likeness (QED) is 0.833. The van der Waals surface area contributed by atoms with Gasteiger partial charge in [-0.05, 0) is 30.7 Å². The Bertz CT molecular complexity index is 254. The van der Waals surface area contributed by atoms with E-state index in [9.17, 15) is 0 Å². The molecule has 0 bridgehead atoms. The van der Waals surface area contributed by atoms with Crippen LogP contribution in [0, 0.1) is 0 Å². The fourth-order valence-electron chi connectivity index (χ4n) is 2.04. The lowest BCUT2D eigenvalue weighted by Crippen LogP contribution is -2.30. The number of hydrogen-bond acceptors (Lipinski definition) is 3. The van der Waals surface area contributed by atoms with E-state index < -0.39 is 0 Å². The summed E-state index contributed by atoms with van der Waals surface area (Å²) in [7, 11) is 0. The highest BCUT2D eigenvalue weighted by atomic mass is 32.1. The van der Waals surface area contributed by atoms with Gasteiger partial charge in [-0.15, -0.1) is 11.3 Å². The maximum absolute atomic E-state index is 5.82. The van der Waals surface area contributed by atoms with Crippen molar-refractivity contribution in [2.75, 3.05) is 13.2 Å². The first-order valence-corrected chi connectivity index (χ1v) is 6.15. The first-order valence-electron chi connectivity index (χ1n) is 5.27. The van der Waals surface area contributed by atoms with Crippen LogP contribution in [0.1, 0.15) is 30.1 Å². The summed E-state index contributed by atoms with van der Waals surface area (Å²) in [5.74, 6) is 0.412. The lowest BCUT2D eigenvalue weighted by Gasteiger charge is -2.29. The van der Waals surface area contributed by atoms with E-state index in [1.807, 2.05) is 0 Å². The smallest absolute Gasteiger partial charge is 0.0663 e. The number of rotatable bonds is 3. The fraction of sp³-hybridized carbons (Fsp3) is 0.636. The Kier molecular flexibility index (Phi) is 3.56. The van der Waals surface area contributed by atoms with E-state index in [0.717, 1.165) is 6.61 Å². The Morgan fingerprint density at radius 3 is 3.07 bits per heavy atom. The summed E-state index contributed by atoms with van der Waals surface area (Å²) in [4.78, 5) is 1.37. The van der Waals surface area contributed by atoms with Crippen molar-refractivity contribution in [1.82, 2.24) is 0 Å². The number of ether oxygens (including phenoxy) is 1. The van der Waals surface area contributed by atoms with Gasteiger partial charge in [-0.3, -0.25) is 0 Å². The van der Waals surface area contributed by atoms with Gasteiger partial charge in [0.25, 0.3) is 0 Å². The molecule has 0 radical (unpaired) electrons. The zero-order chi connectivity index (χ0) is 9.80. The standard InChI is InChI=1S/C11H17NOS/c12-8-9(11-5-3-7-14-11)10-4-1-2-6-13-10/h3,5,7,9-10H,1-2,4,6,8,12H2. The maximum Gasteiger partial charge on any atom is 0.0663 e. The Hall–Kier alpha value is -0.380. The molecule has 2 atom stereocenters. The topological polar surface area (TPSA) is 35.2 Å². The molecular formula is C11H17NOS. The van der Waals surface area contributed by atoms with Crippen LogP contribution in [-0.2, 0) is 4.74 Å². The highest BCUT2D eigenvalue weighted by Crippen LogP contribution is 2.30. The molecule has 1 aliphatic rings. The van der Waals surface area contributed by atoms with E-state index >= 15 is 0 Å². The van der Waals surface area contributed by atoms with Crippen molar-refractivity contribution < 1.29 is 4.74 Å². The van der Waals surface area contributed by atoms with Crippen molar-refractivity contribution in [3.8, 4) is 0 Å². The monoisotopic (exact) mass is 211 g/mol. The third kappa shape index (κ3) is 2.16. The molecule has 0 spiro atoms. The average Bonchev–Trinajstić information content (AvgIpc) is 2.74. The van der Waals surface area contributed by atoms with Crippen molar-refractivity contribution in [3.05, 3.63) is 22.4 Å². The molecule has 2 nitrogen and oxygen atoms in total. The summed E-state index contributed by atoms with van der Waals surface area (Å²) in [6.07, 6.45) is 4.01. The molecule has 0 aliphatic carbocycles. The van der Waals surface area contributed by atoms with E-state index in [4.69, 9.17) is 10.5 Å². The van der Waals surface area contributed by atoms with Crippen LogP contribution in [0.25, 0.3) is 0 Å². The third-order valence-electron chi connectivity index (χ3n) is 2.83. The largest absolute Gasteiger partial charge is 0.378 e. The van der Waals surface area contributed by atoms with Crippen LogP contribution in [0.15, 0.2) is 17.5 Å². The summed E-state index contributed by atoms with van der Waals surface area (Å²) in [5.41, 5.74) is 5.82. The van der Waals surface area contributed by atoms with Crippen LogP contribution >= 0.6 is 11.3 Å². The normalized spacial score (nSPS) is 24.8. The van der Waals surface area contributed by atoms with Gasteiger partial charge in [0, 0.05) is 23.9 Å². The maximum atomic E-state index is 5.82. The second-order valence-corrected chi connectivity index (χ2v) is 4.74. The summed E-state index contributed by atoms with van der Waals surface area (Å²) in [6, 6.07) is 4.26. The van der Waals surface area contributed by atoms with Crippen LogP contribution in [0.3, 0.4) is 0 Å². The lowest BCUT2D eigenvalue weighted by molar-refractivity contribution is 0.00123. The zero-order valence-corrected chi connectivity index (χ0v) is 9.13. The number of thiophene rings is 1. The predicted octanol–water partition coefficient (Wildman–Crippen LogP) is 2.36. The lowest BCUT2D eigenvalue weighted by atomic mass is 9.94. The molecule has 1 saturated heterocycles. The molecular weight excluding hydrogens is 194 g/mol. The van der Waals surface area contributed by atoms with Crippen LogP contribution in [-0.4, -0.2) is 19.3 Å². The Balaban J connectivity index is 2.04. The molecule has 78 valence electrons. The van der Waals surface area contributed by atoms with Crippen LogP contribution in [0.4, 0.5) is 0 Å². The molecule has 2 N–H and O–H groups in total. The summed E-state index contributed by atoms with van der Waals surface area (Å²) < 4.78 is 5.78. The van der Waals surface area contributed by atoms with E-state index in [2.05, 4.69) is 17.5 Å². The minimum absolute atomic E-state index is 0.354. The fourth-order valence-corrected chi connectivity index (χ4v) is 2.93. The first-order chi connectivity index (χ1) is 6.92. The minimum Gasteiger partial charge on any atom is -0.378 e. The molecule has 1 aliphatic heterocycles. The SMILES string of the molecule is NCC(c1cccs1)C1CCCCO1. The molecule has 2 rings (SSSR count). The summed E-state index contributed by atoms with van der Waals surface area (Å²) in [5, 5.41) is 2.11. The van der Waals surface area contributed by atoms with Gasteiger partial charge in [-0.25, -0.2) is 0 Å². The van der Waals surface area contributed by atoms with Gasteiger partial charge in [-0.1, -0.05) is 6.07 Å². The van der Waals surface area contributed by atoms with Crippen LogP contribution in [0.5, 0.6) is 0 Å². The highest BCUT2D eigenvalue weighted by Gasteiger charge is 2.25. The van der Waals surface area contributed by atoms with Crippen molar-refractivity contribution >= 4 is 11.3 Å². The third-order valence-corrected chi connectivity index (χ3v) is 3.83. The molecule has 0 amide bonds. The van der Waals surface area contributed by atoms with E-state index in [0.29, 0.717) is 18.6 Å². The van der Waals surface area contributed by atoms with Crippen LogP contribution in [0.2, 0.25) is 0 Å². The number of hydrogen-bond donors (Lipinski definition) is 1. The molecule has 14 heavy (non-hydrogen) atoms. The van der Waals surface area contributed by atoms with Gasteiger partial charge in [0.05, 0.1) is 6.10 Å². The first kappa shape index (κ1) is 10.1. The van der Waals surface area contributed by atoms with Crippen molar-refractivity contribution in [2.24, 2.45) is 5.73 Å². The Morgan fingerprint density at radius 1 is 1.57 bits per heavy atom. The Morgan fingerprint density at radius 2 is 2.50 bits per heavy atom. The molecule has 2 heterocycles. The molecule has 1 fully saturated rings.